The Bertz CT molecular complexity index is 516. The van der Waals surface area contributed by atoms with Crippen LogP contribution in [0.5, 0.6) is 0 Å². The molecule has 0 unspecified atom stereocenters. The summed E-state index contributed by atoms with van der Waals surface area (Å²) in [4.78, 5) is 23.1. The minimum Gasteiger partial charge on any atom is -0.505 e. The second-order valence-electron chi connectivity index (χ2n) is 6.93. The normalized spacial score (nSPS) is 19.1. The van der Waals surface area contributed by atoms with E-state index >= 15 is 0 Å². The number of aliphatic hydroxyl groups excluding tert-OH is 3. The third-order valence-electron chi connectivity index (χ3n) is 4.57. The van der Waals surface area contributed by atoms with Crippen molar-refractivity contribution in [2.45, 2.75) is 89.4 Å². The van der Waals surface area contributed by atoms with E-state index < -0.39 is 42.0 Å². The molecule has 0 aliphatic carbocycles. The molecule has 4 N–H and O–H groups in total. The number of hydrogen-bond donors (Lipinski definition) is 4. The van der Waals surface area contributed by atoms with Crippen LogP contribution in [-0.2, 0) is 19.1 Å². The number of ether oxygens (including phenoxy) is 2. The Morgan fingerprint density at radius 2 is 1.56 bits per heavy atom. The van der Waals surface area contributed by atoms with E-state index in [0.29, 0.717) is 6.42 Å². The van der Waals surface area contributed by atoms with Crippen LogP contribution in [0, 0.1) is 0 Å². The number of cyclic esters (lactones) is 1. The van der Waals surface area contributed by atoms with Crippen molar-refractivity contribution in [2.24, 2.45) is 0 Å². The molecule has 0 aromatic heterocycles. The fraction of sp³-hybridized carbons (Fsp3) is 0.789. The van der Waals surface area contributed by atoms with Gasteiger partial charge in [-0.3, -0.25) is 4.79 Å². The van der Waals surface area contributed by atoms with Crippen molar-refractivity contribution in [1.82, 2.24) is 0 Å². The largest absolute Gasteiger partial charge is 0.505 e. The standard InChI is InChI=1S/C19H32O8/c1-2-3-4-5-6-7-8-9-10-11-12-14(21)27-19(25,13-20)17-15(22)16(23)18(24)26-17/h17,20,22-23,25H,2-13H2,1H3/t17-,19+/m0/s1. The lowest BCUT2D eigenvalue weighted by molar-refractivity contribution is -0.259. The summed E-state index contributed by atoms with van der Waals surface area (Å²) in [6.07, 6.45) is 9.17. The van der Waals surface area contributed by atoms with Gasteiger partial charge in [-0.1, -0.05) is 64.7 Å². The smallest absolute Gasteiger partial charge is 0.378 e. The lowest BCUT2D eigenvalue weighted by Crippen LogP contribution is -2.50. The lowest BCUT2D eigenvalue weighted by atomic mass is 10.1. The Morgan fingerprint density at radius 3 is 2.00 bits per heavy atom. The maximum Gasteiger partial charge on any atom is 0.378 e. The second-order valence-corrected chi connectivity index (χ2v) is 6.93. The van der Waals surface area contributed by atoms with Crippen molar-refractivity contribution in [3.8, 4) is 0 Å². The molecule has 0 bridgehead atoms. The fourth-order valence-corrected chi connectivity index (χ4v) is 2.93. The van der Waals surface area contributed by atoms with Crippen molar-refractivity contribution in [1.29, 1.82) is 0 Å². The molecule has 1 heterocycles. The maximum absolute atomic E-state index is 11.9. The van der Waals surface area contributed by atoms with E-state index in [-0.39, 0.29) is 6.42 Å². The van der Waals surface area contributed by atoms with Gasteiger partial charge in [0.2, 0.25) is 11.9 Å². The molecule has 1 rings (SSSR count). The molecule has 8 nitrogen and oxygen atoms in total. The zero-order valence-corrected chi connectivity index (χ0v) is 16.0. The van der Waals surface area contributed by atoms with Crippen molar-refractivity contribution in [3.05, 3.63) is 11.5 Å². The van der Waals surface area contributed by atoms with Crippen LogP contribution < -0.4 is 0 Å². The van der Waals surface area contributed by atoms with Gasteiger partial charge in [0, 0.05) is 6.42 Å². The summed E-state index contributed by atoms with van der Waals surface area (Å²) in [6, 6.07) is 0. The first-order chi connectivity index (χ1) is 12.9. The maximum atomic E-state index is 11.9. The predicted octanol–water partition coefficient (Wildman–Crippen LogP) is 2.77. The average molecular weight is 388 g/mol. The van der Waals surface area contributed by atoms with Crippen molar-refractivity contribution >= 4 is 11.9 Å². The van der Waals surface area contributed by atoms with Crippen molar-refractivity contribution < 1.29 is 39.5 Å². The van der Waals surface area contributed by atoms with E-state index in [4.69, 9.17) is 4.74 Å². The first-order valence-corrected chi connectivity index (χ1v) is 9.73. The highest BCUT2D eigenvalue weighted by molar-refractivity contribution is 5.89. The first kappa shape index (κ1) is 23.2. The summed E-state index contributed by atoms with van der Waals surface area (Å²) >= 11 is 0. The third kappa shape index (κ3) is 7.38. The van der Waals surface area contributed by atoms with E-state index in [1.807, 2.05) is 0 Å². The Labute approximate surface area is 159 Å². The van der Waals surface area contributed by atoms with E-state index in [0.717, 1.165) is 19.3 Å². The molecule has 0 fully saturated rings. The Balaban J connectivity index is 2.24. The number of hydrogen-bond acceptors (Lipinski definition) is 8. The van der Waals surface area contributed by atoms with Crippen LogP contribution in [0.1, 0.15) is 77.6 Å². The molecule has 1 aliphatic rings. The van der Waals surface area contributed by atoms with Gasteiger partial charge in [-0.15, -0.1) is 0 Å². The summed E-state index contributed by atoms with van der Waals surface area (Å²) in [5, 5.41) is 38.3. The summed E-state index contributed by atoms with van der Waals surface area (Å²) in [6.45, 7) is 1.09. The third-order valence-corrected chi connectivity index (χ3v) is 4.57. The van der Waals surface area contributed by atoms with Crippen LogP contribution in [-0.4, -0.2) is 50.9 Å². The van der Waals surface area contributed by atoms with Crippen LogP contribution >= 0.6 is 0 Å². The summed E-state index contributed by atoms with van der Waals surface area (Å²) in [7, 11) is 0. The number of aliphatic hydroxyl groups is 4. The number of carbonyl (C=O) groups is 2. The van der Waals surface area contributed by atoms with Gasteiger partial charge in [0.15, 0.2) is 5.76 Å². The van der Waals surface area contributed by atoms with Crippen LogP contribution in [0.2, 0.25) is 0 Å². The molecule has 0 saturated heterocycles. The molecule has 0 aromatic rings. The van der Waals surface area contributed by atoms with E-state index in [2.05, 4.69) is 11.7 Å². The summed E-state index contributed by atoms with van der Waals surface area (Å²) < 4.78 is 9.35. The summed E-state index contributed by atoms with van der Waals surface area (Å²) in [5.41, 5.74) is 0. The van der Waals surface area contributed by atoms with E-state index in [1.54, 1.807) is 0 Å². The van der Waals surface area contributed by atoms with Gasteiger partial charge < -0.3 is 29.9 Å². The molecule has 1 aliphatic heterocycles. The van der Waals surface area contributed by atoms with Crippen LogP contribution in [0.25, 0.3) is 0 Å². The topological polar surface area (TPSA) is 134 Å². The van der Waals surface area contributed by atoms with Gasteiger partial charge in [-0.2, -0.15) is 0 Å². The number of unbranched alkanes of at least 4 members (excludes halogenated alkanes) is 9. The second kappa shape index (κ2) is 11.8. The zero-order chi connectivity index (χ0) is 20.3. The van der Waals surface area contributed by atoms with Gasteiger partial charge in [0.05, 0.1) is 0 Å². The Hall–Kier alpha value is -1.80. The van der Waals surface area contributed by atoms with Crippen molar-refractivity contribution in [2.75, 3.05) is 6.61 Å². The monoisotopic (exact) mass is 388 g/mol. The van der Waals surface area contributed by atoms with Gasteiger partial charge >= 0.3 is 11.9 Å². The molecule has 8 heteroatoms. The van der Waals surface area contributed by atoms with Gasteiger partial charge in [-0.05, 0) is 6.42 Å². The van der Waals surface area contributed by atoms with Crippen LogP contribution in [0.15, 0.2) is 11.5 Å². The number of rotatable bonds is 14. The minimum absolute atomic E-state index is 0.0237. The Kier molecular flexibility index (Phi) is 10.2. The lowest BCUT2D eigenvalue weighted by Gasteiger charge is -2.29. The first-order valence-electron chi connectivity index (χ1n) is 9.73. The molecule has 0 aromatic carbocycles. The van der Waals surface area contributed by atoms with Crippen LogP contribution in [0.3, 0.4) is 0 Å². The van der Waals surface area contributed by atoms with Crippen LogP contribution in [0.4, 0.5) is 0 Å². The molecule has 0 amide bonds. The Morgan fingerprint density at radius 1 is 1.04 bits per heavy atom. The van der Waals surface area contributed by atoms with Gasteiger partial charge in [-0.25, -0.2) is 4.79 Å². The highest BCUT2D eigenvalue weighted by Gasteiger charge is 2.51. The van der Waals surface area contributed by atoms with E-state index in [9.17, 15) is 30.0 Å². The number of carbonyl (C=O) groups excluding carboxylic acids is 2. The fourth-order valence-electron chi connectivity index (χ4n) is 2.93. The highest BCUT2D eigenvalue weighted by atomic mass is 16.7. The zero-order valence-electron chi connectivity index (χ0n) is 16.0. The molecule has 2 atom stereocenters. The number of esters is 2. The van der Waals surface area contributed by atoms with E-state index in [1.165, 1.54) is 38.5 Å². The molecule has 27 heavy (non-hydrogen) atoms. The molecular formula is C19H32O8. The molecule has 156 valence electrons. The molecular weight excluding hydrogens is 356 g/mol. The molecule has 0 spiro atoms. The quantitative estimate of drug-likeness (QED) is 0.203. The van der Waals surface area contributed by atoms with Gasteiger partial charge in [0.1, 0.15) is 6.61 Å². The molecule has 0 radical (unpaired) electrons. The minimum atomic E-state index is -2.64. The SMILES string of the molecule is CCCCCCCCCCCCC(=O)O[C@](O)(CO)[C@H]1OC(=O)C(O)=C1O. The van der Waals surface area contributed by atoms with Gasteiger partial charge in [0.25, 0.3) is 5.79 Å². The van der Waals surface area contributed by atoms with Crippen molar-refractivity contribution in [3.63, 3.8) is 0 Å². The predicted molar refractivity (Wildman–Crippen MR) is 96.8 cm³/mol. The average Bonchev–Trinajstić information content (AvgIpc) is 2.91. The molecule has 0 saturated carbocycles. The highest BCUT2D eigenvalue weighted by Crippen LogP contribution is 2.29. The summed E-state index contributed by atoms with van der Waals surface area (Å²) in [5.74, 6) is -6.77.